The minimum Gasteiger partial charge on any atom is -0.465 e. The van der Waals surface area contributed by atoms with Gasteiger partial charge < -0.3 is 8.92 Å². The van der Waals surface area contributed by atoms with E-state index < -0.39 is 16.1 Å². The highest BCUT2D eigenvalue weighted by Gasteiger charge is 2.15. The second-order valence-corrected chi connectivity index (χ2v) is 6.93. The fraction of sp³-hybridized carbons (Fsp3) is 0.133. The number of ether oxygens (including phenoxy) is 1. The summed E-state index contributed by atoms with van der Waals surface area (Å²) in [5.41, 5.74) is 0.803. The average molecular weight is 375 g/mol. The summed E-state index contributed by atoms with van der Waals surface area (Å²) in [6, 6.07) is 10.2. The van der Waals surface area contributed by atoms with Crippen molar-refractivity contribution < 1.29 is 22.1 Å². The first-order chi connectivity index (χ1) is 10.8. The number of halogens is 2. The molecule has 2 aromatic carbocycles. The van der Waals surface area contributed by atoms with Crippen molar-refractivity contribution >= 4 is 39.3 Å². The van der Waals surface area contributed by atoms with Gasteiger partial charge in [-0.05, 0) is 29.8 Å². The minimum atomic E-state index is -3.87. The molecule has 8 heteroatoms. The Bertz CT molecular complexity index is 816. The number of benzene rings is 2. The van der Waals surface area contributed by atoms with E-state index in [1.807, 2.05) is 0 Å². The normalized spacial score (nSPS) is 11.1. The third-order valence-corrected chi connectivity index (χ3v) is 4.71. The van der Waals surface area contributed by atoms with Crippen molar-refractivity contribution in [1.29, 1.82) is 0 Å². The van der Waals surface area contributed by atoms with E-state index in [1.54, 1.807) is 0 Å². The summed E-state index contributed by atoms with van der Waals surface area (Å²) in [5.74, 6) is -0.772. The first kappa shape index (κ1) is 17.6. The Morgan fingerprint density at radius 1 is 1.04 bits per heavy atom. The van der Waals surface area contributed by atoms with Gasteiger partial charge >= 0.3 is 16.1 Å². The molecule has 0 atom stereocenters. The molecule has 0 unspecified atom stereocenters. The Balaban J connectivity index is 2.11. The Hall–Kier alpha value is -1.76. The summed E-state index contributed by atoms with van der Waals surface area (Å²) in [4.78, 5) is 11.3. The maximum absolute atomic E-state index is 12.1. The third kappa shape index (κ3) is 4.86. The van der Waals surface area contributed by atoms with Gasteiger partial charge in [-0.2, -0.15) is 8.42 Å². The fourth-order valence-corrected chi connectivity index (χ4v) is 3.11. The molecule has 0 fully saturated rings. The molecule has 0 spiro atoms. The smallest absolute Gasteiger partial charge is 0.337 e. The molecule has 23 heavy (non-hydrogen) atoms. The summed E-state index contributed by atoms with van der Waals surface area (Å²) in [6.45, 7) is 0. The quantitative estimate of drug-likeness (QED) is 0.589. The molecule has 0 aromatic heterocycles. The van der Waals surface area contributed by atoms with Gasteiger partial charge in [0.15, 0.2) is 0 Å². The van der Waals surface area contributed by atoms with E-state index in [2.05, 4.69) is 4.74 Å². The van der Waals surface area contributed by atoms with Crippen LogP contribution in [0.1, 0.15) is 15.9 Å². The Morgan fingerprint density at radius 3 is 2.26 bits per heavy atom. The number of carbonyl (C=O) groups is 1. The van der Waals surface area contributed by atoms with Crippen LogP contribution < -0.4 is 4.18 Å². The number of hydrogen-bond donors (Lipinski definition) is 0. The van der Waals surface area contributed by atoms with Gasteiger partial charge in [0, 0.05) is 6.07 Å². The minimum absolute atomic E-state index is 0.0746. The molecule has 0 aliphatic heterocycles. The van der Waals surface area contributed by atoms with Crippen LogP contribution >= 0.6 is 23.2 Å². The Labute approximate surface area is 143 Å². The standard InChI is InChI=1S/C15H12Cl2O5S/c1-21-15(18)11-4-2-10(3-5-11)9-23(19,20)22-12-6-7-13(16)14(17)8-12/h2-8H,9H2,1H3. The topological polar surface area (TPSA) is 69.7 Å². The molecule has 0 heterocycles. The third-order valence-electron chi connectivity index (χ3n) is 2.83. The van der Waals surface area contributed by atoms with Crippen LogP contribution in [0.2, 0.25) is 10.0 Å². The van der Waals surface area contributed by atoms with Gasteiger partial charge in [-0.3, -0.25) is 0 Å². The van der Waals surface area contributed by atoms with Gasteiger partial charge in [-0.15, -0.1) is 0 Å². The van der Waals surface area contributed by atoms with Crippen molar-refractivity contribution in [3.63, 3.8) is 0 Å². The van der Waals surface area contributed by atoms with Crippen molar-refractivity contribution in [2.45, 2.75) is 5.75 Å². The molecule has 2 rings (SSSR count). The van der Waals surface area contributed by atoms with Gasteiger partial charge in [0.2, 0.25) is 0 Å². The molecular formula is C15H12Cl2O5S. The lowest BCUT2D eigenvalue weighted by Gasteiger charge is -2.08. The molecule has 0 radical (unpaired) electrons. The number of esters is 1. The zero-order chi connectivity index (χ0) is 17.0. The maximum Gasteiger partial charge on any atom is 0.337 e. The number of rotatable bonds is 5. The maximum atomic E-state index is 12.1. The van der Waals surface area contributed by atoms with Gasteiger partial charge in [-0.25, -0.2) is 4.79 Å². The summed E-state index contributed by atoms with van der Waals surface area (Å²) < 4.78 is 33.7. The zero-order valence-corrected chi connectivity index (χ0v) is 14.3. The lowest BCUT2D eigenvalue weighted by atomic mass is 10.1. The summed E-state index contributed by atoms with van der Waals surface area (Å²) in [7, 11) is -2.60. The van der Waals surface area contributed by atoms with Crippen LogP contribution in [-0.4, -0.2) is 21.5 Å². The molecule has 0 aliphatic carbocycles. The van der Waals surface area contributed by atoms with Crippen molar-refractivity contribution in [2.24, 2.45) is 0 Å². The van der Waals surface area contributed by atoms with E-state index in [9.17, 15) is 13.2 Å². The monoisotopic (exact) mass is 374 g/mol. The molecule has 0 N–H and O–H groups in total. The van der Waals surface area contributed by atoms with Crippen molar-refractivity contribution in [1.82, 2.24) is 0 Å². The molecule has 0 bridgehead atoms. The molecule has 122 valence electrons. The molecule has 0 aliphatic rings. The van der Waals surface area contributed by atoms with Crippen LogP contribution in [0, 0.1) is 0 Å². The van der Waals surface area contributed by atoms with Gasteiger partial charge in [0.05, 0.1) is 22.7 Å². The van der Waals surface area contributed by atoms with E-state index >= 15 is 0 Å². The van der Waals surface area contributed by atoms with Crippen LogP contribution in [0.4, 0.5) is 0 Å². The van der Waals surface area contributed by atoms with Crippen LogP contribution in [0.15, 0.2) is 42.5 Å². The summed E-state index contributed by atoms with van der Waals surface area (Å²) in [5, 5.41) is 0.497. The molecular weight excluding hydrogens is 363 g/mol. The van der Waals surface area contributed by atoms with E-state index in [0.717, 1.165) is 0 Å². The van der Waals surface area contributed by atoms with Crippen molar-refractivity contribution in [3.8, 4) is 5.75 Å². The molecule has 5 nitrogen and oxygen atoms in total. The molecule has 2 aromatic rings. The molecule has 0 amide bonds. The van der Waals surface area contributed by atoms with E-state index in [-0.39, 0.29) is 16.5 Å². The second-order valence-electron chi connectivity index (χ2n) is 4.55. The molecule has 0 saturated carbocycles. The first-order valence-electron chi connectivity index (χ1n) is 6.35. The highest BCUT2D eigenvalue weighted by atomic mass is 35.5. The number of methoxy groups -OCH3 is 1. The van der Waals surface area contributed by atoms with E-state index in [4.69, 9.17) is 27.4 Å². The first-order valence-corrected chi connectivity index (χ1v) is 8.68. The van der Waals surface area contributed by atoms with Gasteiger partial charge in [0.1, 0.15) is 11.5 Å². The summed E-state index contributed by atoms with van der Waals surface area (Å²) >= 11 is 11.6. The molecule has 0 saturated heterocycles. The van der Waals surface area contributed by atoms with Gasteiger partial charge in [0.25, 0.3) is 0 Å². The largest absolute Gasteiger partial charge is 0.465 e. The predicted octanol–water partition coefficient (Wildman–Crippen LogP) is 3.69. The fourth-order valence-electron chi connectivity index (χ4n) is 1.76. The number of hydrogen-bond acceptors (Lipinski definition) is 5. The van der Waals surface area contributed by atoms with Crippen LogP contribution in [-0.2, 0) is 20.6 Å². The Morgan fingerprint density at radius 2 is 1.70 bits per heavy atom. The summed E-state index contributed by atoms with van der Waals surface area (Å²) in [6.07, 6.45) is 0. The SMILES string of the molecule is COC(=O)c1ccc(CS(=O)(=O)Oc2ccc(Cl)c(Cl)c2)cc1. The van der Waals surface area contributed by atoms with E-state index in [1.165, 1.54) is 49.6 Å². The van der Waals surface area contributed by atoms with Crippen molar-refractivity contribution in [3.05, 3.63) is 63.6 Å². The second kappa shape index (κ2) is 7.21. The highest BCUT2D eigenvalue weighted by Crippen LogP contribution is 2.27. The number of carbonyl (C=O) groups excluding carboxylic acids is 1. The Kier molecular flexibility index (Phi) is 5.51. The lowest BCUT2D eigenvalue weighted by Crippen LogP contribution is -2.12. The van der Waals surface area contributed by atoms with Crippen molar-refractivity contribution in [2.75, 3.05) is 7.11 Å². The van der Waals surface area contributed by atoms with Gasteiger partial charge in [-0.1, -0.05) is 35.3 Å². The van der Waals surface area contributed by atoms with E-state index in [0.29, 0.717) is 16.1 Å². The highest BCUT2D eigenvalue weighted by molar-refractivity contribution is 7.86. The van der Waals surface area contributed by atoms with Crippen LogP contribution in [0.3, 0.4) is 0 Å². The van der Waals surface area contributed by atoms with Crippen LogP contribution in [0.5, 0.6) is 5.75 Å². The average Bonchev–Trinajstić information content (AvgIpc) is 2.50. The zero-order valence-electron chi connectivity index (χ0n) is 12.0. The van der Waals surface area contributed by atoms with Crippen LogP contribution in [0.25, 0.3) is 0 Å². The predicted molar refractivity (Wildman–Crippen MR) is 87.5 cm³/mol. The lowest BCUT2D eigenvalue weighted by molar-refractivity contribution is 0.0600.